The molecule has 0 aliphatic heterocycles. The normalized spacial score (nSPS) is 11.4. The zero-order valence-corrected chi connectivity index (χ0v) is 20.2. The Labute approximate surface area is 202 Å². The fraction of sp³-hybridized carbons (Fsp3) is 0.231. The van der Waals surface area contributed by atoms with Crippen molar-refractivity contribution in [1.82, 2.24) is 10.2 Å². The van der Waals surface area contributed by atoms with Gasteiger partial charge in [0.25, 0.3) is 5.91 Å². The lowest BCUT2D eigenvalue weighted by molar-refractivity contribution is -0.142. The van der Waals surface area contributed by atoms with Crippen LogP contribution in [0, 0.1) is 0 Å². The van der Waals surface area contributed by atoms with E-state index in [1.807, 2.05) is 54.6 Å². The van der Waals surface area contributed by atoms with Gasteiger partial charge in [-0.05, 0) is 47.5 Å². The highest BCUT2D eigenvalue weighted by Crippen LogP contribution is 2.19. The van der Waals surface area contributed by atoms with Gasteiger partial charge >= 0.3 is 0 Å². The van der Waals surface area contributed by atoms with Crippen LogP contribution in [0.3, 0.4) is 0 Å². The van der Waals surface area contributed by atoms with Gasteiger partial charge in [-0.15, -0.1) is 0 Å². The molecule has 172 valence electrons. The zero-order valence-electron chi connectivity index (χ0n) is 18.7. The second kappa shape index (κ2) is 12.1. The Bertz CT molecular complexity index is 1040. The van der Waals surface area contributed by atoms with Crippen molar-refractivity contribution in [2.75, 3.05) is 20.8 Å². The Morgan fingerprint density at radius 2 is 1.55 bits per heavy atom. The number of hydrogen-bond donors (Lipinski definition) is 1. The molecule has 0 fully saturated rings. The Kier molecular flexibility index (Phi) is 8.89. The molecule has 0 aromatic heterocycles. The molecule has 0 radical (unpaired) electrons. The SMILES string of the molecule is CNC(=O)[C@@H](Cc1ccccc1)N(Cc1ccc(Br)cc1)C(=O)COc1ccc(OC)cc1. The number of methoxy groups -OCH3 is 1. The lowest BCUT2D eigenvalue weighted by atomic mass is 10.0. The first-order valence-corrected chi connectivity index (χ1v) is 11.4. The van der Waals surface area contributed by atoms with E-state index < -0.39 is 6.04 Å². The summed E-state index contributed by atoms with van der Waals surface area (Å²) >= 11 is 3.44. The first kappa shape index (κ1) is 24.3. The van der Waals surface area contributed by atoms with Gasteiger partial charge in [-0.3, -0.25) is 9.59 Å². The fourth-order valence-electron chi connectivity index (χ4n) is 3.41. The molecule has 3 aromatic carbocycles. The maximum atomic E-state index is 13.3. The van der Waals surface area contributed by atoms with Crippen LogP contribution >= 0.6 is 15.9 Å². The van der Waals surface area contributed by atoms with Gasteiger partial charge in [0.05, 0.1) is 7.11 Å². The number of carbonyl (C=O) groups excluding carboxylic acids is 2. The van der Waals surface area contributed by atoms with Gasteiger partial charge in [-0.2, -0.15) is 0 Å². The number of amides is 2. The predicted molar refractivity (Wildman–Crippen MR) is 131 cm³/mol. The van der Waals surface area contributed by atoms with Crippen molar-refractivity contribution in [3.63, 3.8) is 0 Å². The highest BCUT2D eigenvalue weighted by molar-refractivity contribution is 9.10. The van der Waals surface area contributed by atoms with Crippen LogP contribution in [-0.2, 0) is 22.6 Å². The van der Waals surface area contributed by atoms with Crippen molar-refractivity contribution in [3.05, 3.63) is 94.5 Å². The fourth-order valence-corrected chi connectivity index (χ4v) is 3.67. The van der Waals surface area contributed by atoms with Crippen molar-refractivity contribution >= 4 is 27.7 Å². The first-order chi connectivity index (χ1) is 16.0. The van der Waals surface area contributed by atoms with Gasteiger partial charge < -0.3 is 19.7 Å². The van der Waals surface area contributed by atoms with Gasteiger partial charge in [0.2, 0.25) is 5.91 Å². The van der Waals surface area contributed by atoms with Crippen LogP contribution in [0.2, 0.25) is 0 Å². The standard InChI is InChI=1S/C26H27BrN2O4/c1-28-26(31)24(16-19-6-4-3-5-7-19)29(17-20-8-10-21(27)11-9-20)25(30)18-33-23-14-12-22(32-2)13-15-23/h3-15,24H,16-18H2,1-2H3,(H,28,31)/t24-/m1/s1. The number of likely N-dealkylation sites (N-methyl/N-ethyl adjacent to an activating group) is 1. The third kappa shape index (κ3) is 7.08. The Hall–Kier alpha value is -3.32. The van der Waals surface area contributed by atoms with Gasteiger partial charge in [0, 0.05) is 24.5 Å². The van der Waals surface area contributed by atoms with E-state index in [0.29, 0.717) is 17.9 Å². The van der Waals surface area contributed by atoms with E-state index in [1.54, 1.807) is 43.3 Å². The van der Waals surface area contributed by atoms with Crippen LogP contribution in [0.5, 0.6) is 11.5 Å². The van der Waals surface area contributed by atoms with Crippen LogP contribution in [-0.4, -0.2) is 43.5 Å². The zero-order chi connectivity index (χ0) is 23.6. The summed E-state index contributed by atoms with van der Waals surface area (Å²) < 4.78 is 11.8. The topological polar surface area (TPSA) is 67.9 Å². The maximum Gasteiger partial charge on any atom is 0.261 e. The average Bonchev–Trinajstić information content (AvgIpc) is 2.86. The van der Waals surface area contributed by atoms with Gasteiger partial charge in [0.15, 0.2) is 6.61 Å². The second-order valence-electron chi connectivity index (χ2n) is 7.43. The monoisotopic (exact) mass is 510 g/mol. The molecule has 0 aliphatic carbocycles. The molecule has 2 amide bonds. The van der Waals surface area contributed by atoms with Crippen molar-refractivity contribution in [1.29, 1.82) is 0 Å². The number of rotatable bonds is 10. The minimum Gasteiger partial charge on any atom is -0.497 e. The maximum absolute atomic E-state index is 13.3. The van der Waals surface area contributed by atoms with E-state index in [4.69, 9.17) is 9.47 Å². The summed E-state index contributed by atoms with van der Waals surface area (Å²) in [6.45, 7) is 0.0914. The molecule has 7 heteroatoms. The molecule has 0 aliphatic rings. The molecule has 3 aromatic rings. The van der Waals surface area contributed by atoms with Crippen molar-refractivity contribution < 1.29 is 19.1 Å². The molecule has 33 heavy (non-hydrogen) atoms. The van der Waals surface area contributed by atoms with Crippen molar-refractivity contribution in [3.8, 4) is 11.5 Å². The van der Waals surface area contributed by atoms with Crippen LogP contribution in [0.1, 0.15) is 11.1 Å². The minimum absolute atomic E-state index is 0.189. The number of nitrogens with one attached hydrogen (secondary N) is 1. The molecule has 1 atom stereocenters. The predicted octanol–water partition coefficient (Wildman–Crippen LogP) is 4.22. The van der Waals surface area contributed by atoms with Crippen LogP contribution in [0.15, 0.2) is 83.3 Å². The summed E-state index contributed by atoms with van der Waals surface area (Å²) in [4.78, 5) is 27.8. The summed E-state index contributed by atoms with van der Waals surface area (Å²) in [5.41, 5.74) is 1.88. The van der Waals surface area contributed by atoms with Crippen LogP contribution in [0.25, 0.3) is 0 Å². The highest BCUT2D eigenvalue weighted by Gasteiger charge is 2.30. The lowest BCUT2D eigenvalue weighted by Gasteiger charge is -2.31. The second-order valence-corrected chi connectivity index (χ2v) is 8.35. The summed E-state index contributed by atoms with van der Waals surface area (Å²) in [6, 6.07) is 23.7. The molecule has 1 N–H and O–H groups in total. The molecule has 0 spiro atoms. The summed E-state index contributed by atoms with van der Waals surface area (Å²) in [7, 11) is 3.17. The van der Waals surface area contributed by atoms with Crippen LogP contribution in [0.4, 0.5) is 0 Å². The van der Waals surface area contributed by atoms with E-state index in [-0.39, 0.29) is 25.0 Å². The molecule has 0 heterocycles. The number of halogens is 1. The number of ether oxygens (including phenoxy) is 2. The number of carbonyl (C=O) groups is 2. The van der Waals surface area contributed by atoms with Crippen molar-refractivity contribution in [2.24, 2.45) is 0 Å². The van der Waals surface area contributed by atoms with E-state index in [9.17, 15) is 9.59 Å². The van der Waals surface area contributed by atoms with E-state index in [2.05, 4.69) is 21.2 Å². The van der Waals surface area contributed by atoms with Crippen molar-refractivity contribution in [2.45, 2.75) is 19.0 Å². The summed E-state index contributed by atoms with van der Waals surface area (Å²) in [6.07, 6.45) is 0.394. The first-order valence-electron chi connectivity index (χ1n) is 10.6. The number of benzene rings is 3. The summed E-state index contributed by atoms with van der Waals surface area (Å²) in [5, 5.41) is 2.71. The van der Waals surface area contributed by atoms with E-state index in [0.717, 1.165) is 15.6 Å². The molecule has 3 rings (SSSR count). The molecular formula is C26H27BrN2O4. The largest absolute Gasteiger partial charge is 0.497 e. The third-order valence-corrected chi connectivity index (χ3v) is 5.73. The number of hydrogen-bond acceptors (Lipinski definition) is 4. The Morgan fingerprint density at radius 1 is 0.909 bits per heavy atom. The van der Waals surface area contributed by atoms with Crippen LogP contribution < -0.4 is 14.8 Å². The molecule has 6 nitrogen and oxygen atoms in total. The summed E-state index contributed by atoms with van der Waals surface area (Å²) in [5.74, 6) is 0.743. The molecule has 0 saturated carbocycles. The minimum atomic E-state index is -0.687. The highest BCUT2D eigenvalue weighted by atomic mass is 79.9. The third-order valence-electron chi connectivity index (χ3n) is 5.21. The Balaban J connectivity index is 1.84. The average molecular weight is 511 g/mol. The van der Waals surface area contributed by atoms with Gasteiger partial charge in [0.1, 0.15) is 17.5 Å². The van der Waals surface area contributed by atoms with Gasteiger partial charge in [-0.25, -0.2) is 0 Å². The molecule has 0 bridgehead atoms. The lowest BCUT2D eigenvalue weighted by Crippen LogP contribution is -2.51. The molecular weight excluding hydrogens is 484 g/mol. The van der Waals surface area contributed by atoms with E-state index >= 15 is 0 Å². The van der Waals surface area contributed by atoms with E-state index in [1.165, 1.54) is 0 Å². The smallest absolute Gasteiger partial charge is 0.261 e. The molecule has 0 saturated heterocycles. The van der Waals surface area contributed by atoms with Gasteiger partial charge in [-0.1, -0.05) is 58.4 Å². The quantitative estimate of drug-likeness (QED) is 0.443. The number of nitrogens with zero attached hydrogens (tertiary/aromatic N) is 1. The molecule has 0 unspecified atom stereocenters. The Morgan fingerprint density at radius 3 is 2.15 bits per heavy atom.